The molecule has 1 heterocycles. The van der Waals surface area contributed by atoms with Crippen molar-refractivity contribution in [2.75, 3.05) is 26.2 Å². The lowest BCUT2D eigenvalue weighted by Crippen LogP contribution is -2.28. The predicted octanol–water partition coefficient (Wildman–Crippen LogP) is 1.63. The third-order valence-electron chi connectivity index (χ3n) is 2.61. The van der Waals surface area contributed by atoms with Crippen LogP contribution in [0.3, 0.4) is 0 Å². The minimum Gasteiger partial charge on any atom is -0.395 e. The summed E-state index contributed by atoms with van der Waals surface area (Å²) in [4.78, 5) is 2.39. The molecule has 0 aliphatic carbocycles. The summed E-state index contributed by atoms with van der Waals surface area (Å²) in [6.45, 7) is 3.58. The lowest BCUT2D eigenvalue weighted by molar-refractivity contribution is 0.193. The molecule has 1 aliphatic rings. The molecule has 2 heteroatoms. The Morgan fingerprint density at radius 3 is 1.83 bits per heavy atom. The van der Waals surface area contributed by atoms with E-state index in [1.54, 1.807) is 0 Å². The molecule has 0 unspecified atom stereocenters. The molecular weight excluding hydrogens is 150 g/mol. The molecule has 0 aromatic rings. The number of hydrogen-bond acceptors (Lipinski definition) is 2. The Balaban J connectivity index is 2.19. The minimum atomic E-state index is 0.319. The maximum absolute atomic E-state index is 8.81. The fraction of sp³-hybridized carbons (Fsp3) is 1.00. The number of rotatable bonds is 2. The van der Waals surface area contributed by atoms with Crippen molar-refractivity contribution in [3.63, 3.8) is 0 Å². The Kier molecular flexibility index (Phi) is 5.37. The van der Waals surface area contributed by atoms with Gasteiger partial charge >= 0.3 is 0 Å². The largest absolute Gasteiger partial charge is 0.395 e. The van der Waals surface area contributed by atoms with Crippen LogP contribution in [0.2, 0.25) is 0 Å². The van der Waals surface area contributed by atoms with Crippen LogP contribution >= 0.6 is 0 Å². The first-order valence-electron chi connectivity index (χ1n) is 5.26. The molecule has 0 aromatic carbocycles. The first kappa shape index (κ1) is 10.0. The number of hydrogen-bond donors (Lipinski definition) is 1. The molecule has 2 nitrogen and oxygen atoms in total. The molecule has 0 amide bonds. The van der Waals surface area contributed by atoms with Crippen molar-refractivity contribution in [2.45, 2.75) is 38.5 Å². The van der Waals surface area contributed by atoms with Crippen molar-refractivity contribution in [3.05, 3.63) is 0 Å². The summed E-state index contributed by atoms with van der Waals surface area (Å²) in [5, 5.41) is 8.81. The quantitative estimate of drug-likeness (QED) is 0.682. The summed E-state index contributed by atoms with van der Waals surface area (Å²) in [6.07, 6.45) is 8.21. The SMILES string of the molecule is OCCN1CCCCCCCC1. The van der Waals surface area contributed by atoms with E-state index in [-0.39, 0.29) is 0 Å². The van der Waals surface area contributed by atoms with Gasteiger partial charge in [0.15, 0.2) is 0 Å². The van der Waals surface area contributed by atoms with Crippen LogP contribution in [0.25, 0.3) is 0 Å². The smallest absolute Gasteiger partial charge is 0.0558 e. The van der Waals surface area contributed by atoms with Crippen molar-refractivity contribution >= 4 is 0 Å². The van der Waals surface area contributed by atoms with E-state index in [4.69, 9.17) is 5.11 Å². The van der Waals surface area contributed by atoms with Gasteiger partial charge in [-0.25, -0.2) is 0 Å². The van der Waals surface area contributed by atoms with Crippen LogP contribution in [-0.4, -0.2) is 36.2 Å². The van der Waals surface area contributed by atoms with E-state index in [1.165, 1.54) is 51.6 Å². The van der Waals surface area contributed by atoms with E-state index < -0.39 is 0 Å². The number of β-amino-alcohol motifs (C(OH)–C–C–N with tert-alkyl or cyclic N) is 1. The lowest BCUT2D eigenvalue weighted by atomic mass is 10.1. The molecule has 0 radical (unpaired) electrons. The summed E-state index contributed by atoms with van der Waals surface area (Å²) >= 11 is 0. The Bertz CT molecular complexity index is 96.0. The summed E-state index contributed by atoms with van der Waals surface area (Å²) < 4.78 is 0. The van der Waals surface area contributed by atoms with E-state index in [1.807, 2.05) is 0 Å². The van der Waals surface area contributed by atoms with Crippen molar-refractivity contribution in [3.8, 4) is 0 Å². The zero-order valence-electron chi connectivity index (χ0n) is 7.97. The van der Waals surface area contributed by atoms with Crippen LogP contribution in [0.1, 0.15) is 38.5 Å². The highest BCUT2D eigenvalue weighted by molar-refractivity contribution is 4.60. The number of nitrogens with zero attached hydrogens (tertiary/aromatic N) is 1. The highest BCUT2D eigenvalue weighted by atomic mass is 16.3. The van der Waals surface area contributed by atoms with Gasteiger partial charge in [-0.3, -0.25) is 0 Å². The standard InChI is InChI=1S/C10H21NO/c12-10-9-11-7-5-3-1-2-4-6-8-11/h12H,1-10H2. The Labute approximate surface area is 75.6 Å². The third-order valence-corrected chi connectivity index (χ3v) is 2.61. The number of aliphatic hydroxyl groups excluding tert-OH is 1. The second-order valence-electron chi connectivity index (χ2n) is 3.69. The van der Waals surface area contributed by atoms with Crippen LogP contribution in [0.4, 0.5) is 0 Å². The molecule has 1 rings (SSSR count). The van der Waals surface area contributed by atoms with E-state index in [9.17, 15) is 0 Å². The Hall–Kier alpha value is -0.0800. The highest BCUT2D eigenvalue weighted by Crippen LogP contribution is 2.10. The van der Waals surface area contributed by atoms with Crippen LogP contribution < -0.4 is 0 Å². The van der Waals surface area contributed by atoms with Gasteiger partial charge in [-0.2, -0.15) is 0 Å². The third kappa shape index (κ3) is 4.07. The van der Waals surface area contributed by atoms with Crippen molar-refractivity contribution < 1.29 is 5.11 Å². The molecule has 0 aromatic heterocycles. The summed E-state index contributed by atoms with van der Waals surface area (Å²) in [5.41, 5.74) is 0. The Morgan fingerprint density at radius 1 is 0.833 bits per heavy atom. The normalized spacial score (nSPS) is 22.8. The van der Waals surface area contributed by atoms with E-state index in [0.717, 1.165) is 6.54 Å². The molecule has 72 valence electrons. The second-order valence-corrected chi connectivity index (χ2v) is 3.69. The predicted molar refractivity (Wildman–Crippen MR) is 51.2 cm³/mol. The fourth-order valence-corrected chi connectivity index (χ4v) is 1.85. The second kappa shape index (κ2) is 6.44. The van der Waals surface area contributed by atoms with Gasteiger partial charge in [0.05, 0.1) is 6.61 Å². The Morgan fingerprint density at radius 2 is 1.33 bits per heavy atom. The molecule has 0 atom stereocenters. The van der Waals surface area contributed by atoms with Crippen molar-refractivity contribution in [2.24, 2.45) is 0 Å². The van der Waals surface area contributed by atoms with Crippen LogP contribution in [0, 0.1) is 0 Å². The lowest BCUT2D eigenvalue weighted by Gasteiger charge is -2.19. The molecular formula is C10H21NO. The average Bonchev–Trinajstić information content (AvgIpc) is 2.19. The zero-order chi connectivity index (χ0) is 8.65. The molecule has 1 saturated heterocycles. The zero-order valence-corrected chi connectivity index (χ0v) is 7.97. The maximum Gasteiger partial charge on any atom is 0.0558 e. The summed E-state index contributed by atoms with van der Waals surface area (Å²) in [5.74, 6) is 0. The highest BCUT2D eigenvalue weighted by Gasteiger charge is 2.05. The van der Waals surface area contributed by atoms with Gasteiger partial charge in [-0.05, 0) is 25.9 Å². The molecule has 1 fully saturated rings. The first-order valence-corrected chi connectivity index (χ1v) is 5.26. The summed E-state index contributed by atoms with van der Waals surface area (Å²) in [7, 11) is 0. The molecule has 0 spiro atoms. The minimum absolute atomic E-state index is 0.319. The van der Waals surface area contributed by atoms with Crippen molar-refractivity contribution in [1.29, 1.82) is 0 Å². The van der Waals surface area contributed by atoms with Crippen LogP contribution in [0.5, 0.6) is 0 Å². The van der Waals surface area contributed by atoms with E-state index >= 15 is 0 Å². The topological polar surface area (TPSA) is 23.5 Å². The van der Waals surface area contributed by atoms with Gasteiger partial charge in [0.25, 0.3) is 0 Å². The number of aliphatic hydroxyl groups is 1. The molecule has 1 aliphatic heterocycles. The maximum atomic E-state index is 8.81. The monoisotopic (exact) mass is 171 g/mol. The van der Waals surface area contributed by atoms with Crippen molar-refractivity contribution in [1.82, 2.24) is 4.90 Å². The average molecular weight is 171 g/mol. The van der Waals surface area contributed by atoms with Gasteiger partial charge in [-0.15, -0.1) is 0 Å². The molecule has 0 saturated carbocycles. The van der Waals surface area contributed by atoms with E-state index in [0.29, 0.717) is 6.61 Å². The van der Waals surface area contributed by atoms with E-state index in [2.05, 4.69) is 4.90 Å². The fourth-order valence-electron chi connectivity index (χ4n) is 1.85. The van der Waals surface area contributed by atoms with Crippen LogP contribution in [0.15, 0.2) is 0 Å². The van der Waals surface area contributed by atoms with Gasteiger partial charge in [-0.1, -0.05) is 25.7 Å². The molecule has 12 heavy (non-hydrogen) atoms. The van der Waals surface area contributed by atoms with Gasteiger partial charge < -0.3 is 10.0 Å². The van der Waals surface area contributed by atoms with Crippen LogP contribution in [-0.2, 0) is 0 Å². The van der Waals surface area contributed by atoms with Gasteiger partial charge in [0.1, 0.15) is 0 Å². The van der Waals surface area contributed by atoms with Gasteiger partial charge in [0.2, 0.25) is 0 Å². The first-order chi connectivity index (χ1) is 5.93. The molecule has 1 N–H and O–H groups in total. The summed E-state index contributed by atoms with van der Waals surface area (Å²) in [6, 6.07) is 0. The van der Waals surface area contributed by atoms with Gasteiger partial charge in [0, 0.05) is 6.54 Å². The molecule has 0 bridgehead atoms.